The molecule has 6 nitrogen and oxygen atoms in total. The van der Waals surface area contributed by atoms with E-state index in [0.29, 0.717) is 13.2 Å². The number of thiophene rings is 1. The second-order valence-electron chi connectivity index (χ2n) is 3.91. The zero-order chi connectivity index (χ0) is 14.3. The molecule has 2 N–H and O–H groups in total. The summed E-state index contributed by atoms with van der Waals surface area (Å²) < 4.78 is 31.1. The SMILES string of the molecule is COCCCCCNS(=O)(=O)c1cc(C(=O)O)cs1. The molecule has 0 aliphatic rings. The van der Waals surface area contributed by atoms with Gasteiger partial charge in [0.2, 0.25) is 10.0 Å². The Morgan fingerprint density at radius 1 is 1.42 bits per heavy atom. The van der Waals surface area contributed by atoms with Crippen molar-refractivity contribution in [2.24, 2.45) is 0 Å². The van der Waals surface area contributed by atoms with Crippen LogP contribution in [0.4, 0.5) is 0 Å². The molecular formula is C11H17NO5S2. The monoisotopic (exact) mass is 307 g/mol. The topological polar surface area (TPSA) is 92.7 Å². The summed E-state index contributed by atoms with van der Waals surface area (Å²) in [6.45, 7) is 1.01. The summed E-state index contributed by atoms with van der Waals surface area (Å²) in [6.07, 6.45) is 2.49. The van der Waals surface area contributed by atoms with Gasteiger partial charge in [-0.2, -0.15) is 0 Å². The highest BCUT2D eigenvalue weighted by molar-refractivity contribution is 7.91. The molecule has 0 saturated heterocycles. The molecule has 108 valence electrons. The number of carbonyl (C=O) groups is 1. The summed E-state index contributed by atoms with van der Waals surface area (Å²) in [5.41, 5.74) is -0.00882. The van der Waals surface area contributed by atoms with E-state index in [1.807, 2.05) is 0 Å². The van der Waals surface area contributed by atoms with Crippen LogP contribution in [-0.2, 0) is 14.8 Å². The van der Waals surface area contributed by atoms with Crippen molar-refractivity contribution in [1.29, 1.82) is 0 Å². The van der Waals surface area contributed by atoms with Gasteiger partial charge < -0.3 is 9.84 Å². The van der Waals surface area contributed by atoms with Crippen LogP contribution in [0.3, 0.4) is 0 Å². The predicted molar refractivity (Wildman–Crippen MR) is 72.2 cm³/mol. The Labute approximate surface area is 116 Å². The molecule has 0 amide bonds. The third-order valence-electron chi connectivity index (χ3n) is 2.40. The van der Waals surface area contributed by atoms with Crippen LogP contribution in [0.1, 0.15) is 29.6 Å². The van der Waals surface area contributed by atoms with Crippen LogP contribution in [0.15, 0.2) is 15.7 Å². The van der Waals surface area contributed by atoms with Gasteiger partial charge >= 0.3 is 5.97 Å². The first-order valence-electron chi connectivity index (χ1n) is 5.78. The first-order chi connectivity index (χ1) is 8.97. The molecule has 0 bridgehead atoms. The van der Waals surface area contributed by atoms with E-state index in [1.54, 1.807) is 7.11 Å². The van der Waals surface area contributed by atoms with E-state index < -0.39 is 16.0 Å². The van der Waals surface area contributed by atoms with Crippen LogP contribution in [0, 0.1) is 0 Å². The number of sulfonamides is 1. The van der Waals surface area contributed by atoms with Gasteiger partial charge in [0.15, 0.2) is 0 Å². The fourth-order valence-corrected chi connectivity index (χ4v) is 3.67. The molecule has 0 fully saturated rings. The quantitative estimate of drug-likeness (QED) is 0.675. The van der Waals surface area contributed by atoms with Crippen molar-refractivity contribution in [1.82, 2.24) is 4.72 Å². The van der Waals surface area contributed by atoms with Crippen molar-refractivity contribution in [3.8, 4) is 0 Å². The minimum Gasteiger partial charge on any atom is -0.478 e. The lowest BCUT2D eigenvalue weighted by atomic mass is 10.2. The Hall–Kier alpha value is -0.960. The number of unbranched alkanes of at least 4 members (excludes halogenated alkanes) is 2. The maximum absolute atomic E-state index is 11.8. The number of hydrogen-bond acceptors (Lipinski definition) is 5. The van der Waals surface area contributed by atoms with E-state index in [2.05, 4.69) is 4.72 Å². The Balaban J connectivity index is 2.44. The summed E-state index contributed by atoms with van der Waals surface area (Å²) >= 11 is 0.905. The van der Waals surface area contributed by atoms with E-state index >= 15 is 0 Å². The second-order valence-corrected chi connectivity index (χ2v) is 6.82. The lowest BCUT2D eigenvalue weighted by molar-refractivity contribution is 0.0697. The van der Waals surface area contributed by atoms with Gasteiger partial charge in [-0.3, -0.25) is 0 Å². The van der Waals surface area contributed by atoms with Gasteiger partial charge in [0.25, 0.3) is 0 Å². The number of rotatable bonds is 9. The number of nitrogens with one attached hydrogen (secondary N) is 1. The van der Waals surface area contributed by atoms with Crippen molar-refractivity contribution >= 4 is 27.3 Å². The number of ether oxygens (including phenoxy) is 1. The molecule has 0 aromatic carbocycles. The van der Waals surface area contributed by atoms with Crippen LogP contribution in [0.2, 0.25) is 0 Å². The van der Waals surface area contributed by atoms with E-state index in [9.17, 15) is 13.2 Å². The predicted octanol–water partition coefficient (Wildman–Crippen LogP) is 1.54. The molecule has 1 heterocycles. The molecule has 1 rings (SSSR count). The first kappa shape index (κ1) is 16.1. The molecule has 0 atom stereocenters. The van der Waals surface area contributed by atoms with Crippen LogP contribution in [0.25, 0.3) is 0 Å². The first-order valence-corrected chi connectivity index (χ1v) is 8.14. The minimum atomic E-state index is -3.59. The molecule has 0 radical (unpaired) electrons. The smallest absolute Gasteiger partial charge is 0.336 e. The van der Waals surface area contributed by atoms with Gasteiger partial charge in [-0.1, -0.05) is 0 Å². The summed E-state index contributed by atoms with van der Waals surface area (Å²) in [5.74, 6) is -1.13. The molecule has 1 aromatic heterocycles. The van der Waals surface area contributed by atoms with Crippen molar-refractivity contribution in [2.75, 3.05) is 20.3 Å². The zero-order valence-electron chi connectivity index (χ0n) is 10.6. The zero-order valence-corrected chi connectivity index (χ0v) is 12.2. The average molecular weight is 307 g/mol. The summed E-state index contributed by atoms with van der Waals surface area (Å²) in [5, 5.41) is 10.1. The maximum Gasteiger partial charge on any atom is 0.336 e. The highest BCUT2D eigenvalue weighted by atomic mass is 32.2. The fraction of sp³-hybridized carbons (Fsp3) is 0.545. The standard InChI is InChI=1S/C11H17NO5S2/c1-17-6-4-2-3-5-12-19(15,16)10-7-9(8-18-10)11(13)14/h7-8,12H,2-6H2,1H3,(H,13,14). The molecule has 0 aliphatic carbocycles. The van der Waals surface area contributed by atoms with Gasteiger partial charge in [-0.15, -0.1) is 11.3 Å². The van der Waals surface area contributed by atoms with Gasteiger partial charge in [-0.25, -0.2) is 17.9 Å². The van der Waals surface area contributed by atoms with E-state index in [1.165, 1.54) is 11.4 Å². The van der Waals surface area contributed by atoms with Crippen LogP contribution in [0.5, 0.6) is 0 Å². The molecule has 0 spiro atoms. The third-order valence-corrected chi connectivity index (χ3v) is 5.31. The van der Waals surface area contributed by atoms with E-state index in [0.717, 1.165) is 30.6 Å². The average Bonchev–Trinajstić information content (AvgIpc) is 2.84. The summed E-state index contributed by atoms with van der Waals surface area (Å²) in [7, 11) is -1.97. The summed E-state index contributed by atoms with van der Waals surface area (Å²) in [6, 6.07) is 1.17. The van der Waals surface area contributed by atoms with Crippen LogP contribution >= 0.6 is 11.3 Å². The minimum absolute atomic E-state index is 0.00882. The van der Waals surface area contributed by atoms with Crippen LogP contribution in [-0.4, -0.2) is 39.8 Å². The highest BCUT2D eigenvalue weighted by Crippen LogP contribution is 2.20. The highest BCUT2D eigenvalue weighted by Gasteiger charge is 2.18. The van der Waals surface area contributed by atoms with Crippen molar-refractivity contribution in [3.63, 3.8) is 0 Å². The van der Waals surface area contributed by atoms with Gasteiger partial charge in [0.05, 0.1) is 5.56 Å². The number of hydrogen-bond donors (Lipinski definition) is 2. The summed E-state index contributed by atoms with van der Waals surface area (Å²) in [4.78, 5) is 10.7. The number of carboxylic acids is 1. The van der Waals surface area contributed by atoms with Gasteiger partial charge in [0, 0.05) is 25.6 Å². The van der Waals surface area contributed by atoms with Gasteiger partial charge in [-0.05, 0) is 25.3 Å². The Morgan fingerprint density at radius 3 is 2.74 bits per heavy atom. The molecule has 0 unspecified atom stereocenters. The van der Waals surface area contributed by atoms with Crippen LogP contribution < -0.4 is 4.72 Å². The molecule has 0 saturated carbocycles. The Bertz CT molecular complexity index is 509. The van der Waals surface area contributed by atoms with Gasteiger partial charge in [0.1, 0.15) is 4.21 Å². The fourth-order valence-electron chi connectivity index (χ4n) is 1.40. The second kappa shape index (κ2) is 7.59. The Kier molecular flexibility index (Phi) is 6.43. The molecule has 1 aromatic rings. The maximum atomic E-state index is 11.8. The molecular weight excluding hydrogens is 290 g/mol. The largest absolute Gasteiger partial charge is 0.478 e. The van der Waals surface area contributed by atoms with Crippen molar-refractivity contribution in [2.45, 2.75) is 23.5 Å². The van der Waals surface area contributed by atoms with E-state index in [4.69, 9.17) is 9.84 Å². The van der Waals surface area contributed by atoms with Crippen molar-refractivity contribution in [3.05, 3.63) is 17.0 Å². The number of carboxylic acid groups (broad SMARTS) is 1. The molecule has 19 heavy (non-hydrogen) atoms. The molecule has 8 heteroatoms. The lowest BCUT2D eigenvalue weighted by Crippen LogP contribution is -2.24. The number of aromatic carboxylic acids is 1. The Morgan fingerprint density at radius 2 is 2.16 bits per heavy atom. The third kappa shape index (κ3) is 5.27. The molecule has 0 aliphatic heterocycles. The normalized spacial score (nSPS) is 11.6. The van der Waals surface area contributed by atoms with Crippen molar-refractivity contribution < 1.29 is 23.1 Å². The van der Waals surface area contributed by atoms with E-state index in [-0.39, 0.29) is 9.77 Å². The number of methoxy groups -OCH3 is 1. The lowest BCUT2D eigenvalue weighted by Gasteiger charge is -2.04.